The van der Waals surface area contributed by atoms with E-state index in [1.165, 1.54) is 24.3 Å². The van der Waals surface area contributed by atoms with Crippen molar-refractivity contribution in [3.8, 4) is 11.5 Å². The molecule has 1 aromatic heterocycles. The second-order valence-electron chi connectivity index (χ2n) is 7.18. The number of alkyl halides is 3. The summed E-state index contributed by atoms with van der Waals surface area (Å²) < 4.78 is 74.0. The zero-order chi connectivity index (χ0) is 24.1. The van der Waals surface area contributed by atoms with Crippen LogP contribution in [0.1, 0.15) is 36.6 Å². The Morgan fingerprint density at radius 1 is 1.00 bits per heavy atom. The molecule has 0 aliphatic rings. The molecule has 33 heavy (non-hydrogen) atoms. The number of pyridine rings is 1. The minimum atomic E-state index is -4.53. The highest BCUT2D eigenvalue weighted by Crippen LogP contribution is 2.31. The van der Waals surface area contributed by atoms with E-state index < -0.39 is 21.9 Å². The first-order valence-electron chi connectivity index (χ1n) is 10.1. The Balaban J connectivity index is 1.65. The Hall–Kier alpha value is -2.78. The third-order valence-electron chi connectivity index (χ3n) is 4.62. The monoisotopic (exact) mass is 499 g/mol. The predicted octanol–water partition coefficient (Wildman–Crippen LogP) is 6.29. The number of unbranched alkanes of at least 4 members (excludes halogenated alkanes) is 1. The number of rotatable bonds is 9. The summed E-state index contributed by atoms with van der Waals surface area (Å²) in [4.78, 5) is 3.78. The lowest BCUT2D eigenvalue weighted by Crippen LogP contribution is -2.10. The van der Waals surface area contributed by atoms with Crippen LogP contribution < -0.4 is 8.92 Å². The van der Waals surface area contributed by atoms with Crippen LogP contribution in [-0.4, -0.2) is 20.0 Å². The van der Waals surface area contributed by atoms with E-state index in [0.717, 1.165) is 25.1 Å². The summed E-state index contributed by atoms with van der Waals surface area (Å²) in [6.07, 6.45) is -1.73. The SMILES string of the molecule is CCCCOc1ccc(S(=O)(=O)Oc2ccc(Cc3ncc(C(F)(F)F)cc3Cl)cc2)cc1. The van der Waals surface area contributed by atoms with Crippen molar-refractivity contribution in [1.82, 2.24) is 4.98 Å². The molecule has 10 heteroatoms. The fourth-order valence-corrected chi connectivity index (χ4v) is 3.98. The van der Waals surface area contributed by atoms with Gasteiger partial charge in [0, 0.05) is 12.6 Å². The van der Waals surface area contributed by atoms with E-state index in [-0.39, 0.29) is 27.8 Å². The largest absolute Gasteiger partial charge is 0.494 e. The summed E-state index contributed by atoms with van der Waals surface area (Å²) in [5.74, 6) is 0.663. The molecule has 0 N–H and O–H groups in total. The van der Waals surface area contributed by atoms with Gasteiger partial charge in [-0.3, -0.25) is 4.98 Å². The molecule has 0 fully saturated rings. The molecule has 0 amide bonds. The standard InChI is InChI=1S/C23H21ClF3NO4S/c1-2-3-12-31-18-8-10-20(11-9-18)33(29,30)32-19-6-4-16(5-7-19)13-22-21(24)14-17(15-28-22)23(25,26)27/h4-11,14-15H,2-3,12-13H2,1H3. The second-order valence-corrected chi connectivity index (χ2v) is 9.14. The van der Waals surface area contributed by atoms with Crippen molar-refractivity contribution in [3.05, 3.63) is 82.6 Å². The second kappa shape index (κ2) is 10.4. The average molecular weight is 500 g/mol. The zero-order valence-corrected chi connectivity index (χ0v) is 19.2. The van der Waals surface area contributed by atoms with Crippen molar-refractivity contribution in [3.63, 3.8) is 0 Å². The van der Waals surface area contributed by atoms with E-state index in [1.54, 1.807) is 24.3 Å². The Morgan fingerprint density at radius 2 is 1.64 bits per heavy atom. The van der Waals surface area contributed by atoms with Gasteiger partial charge in [0.15, 0.2) is 0 Å². The third kappa shape index (κ3) is 6.85. The number of benzene rings is 2. The van der Waals surface area contributed by atoms with Crippen molar-refractivity contribution >= 4 is 21.7 Å². The molecule has 176 valence electrons. The number of halogens is 4. The molecule has 0 saturated carbocycles. The lowest BCUT2D eigenvalue weighted by atomic mass is 10.1. The van der Waals surface area contributed by atoms with Crippen molar-refractivity contribution in [2.24, 2.45) is 0 Å². The van der Waals surface area contributed by atoms with Gasteiger partial charge in [-0.25, -0.2) is 0 Å². The molecule has 0 radical (unpaired) electrons. The topological polar surface area (TPSA) is 65.5 Å². The Morgan fingerprint density at radius 3 is 2.21 bits per heavy atom. The lowest BCUT2D eigenvalue weighted by molar-refractivity contribution is -0.137. The first-order valence-corrected chi connectivity index (χ1v) is 11.8. The van der Waals surface area contributed by atoms with Gasteiger partial charge in [0.2, 0.25) is 0 Å². The predicted molar refractivity (Wildman–Crippen MR) is 118 cm³/mol. The summed E-state index contributed by atoms with van der Waals surface area (Å²) in [5.41, 5.74) is 0.0143. The molecule has 2 aromatic carbocycles. The Labute approximate surface area is 195 Å². The van der Waals surface area contributed by atoms with Crippen molar-refractivity contribution in [2.75, 3.05) is 6.61 Å². The first kappa shape index (κ1) is 24.9. The quantitative estimate of drug-likeness (QED) is 0.255. The van der Waals surface area contributed by atoms with Crippen LogP contribution in [0, 0.1) is 0 Å². The molecule has 5 nitrogen and oxygen atoms in total. The molecular weight excluding hydrogens is 479 g/mol. The summed E-state index contributed by atoms with van der Waals surface area (Å²) in [6.45, 7) is 2.60. The van der Waals surface area contributed by atoms with Gasteiger partial charge in [0.05, 0.1) is 22.9 Å². The minimum absolute atomic E-state index is 0.0184. The molecular formula is C23H21ClF3NO4S. The van der Waals surface area contributed by atoms with E-state index in [2.05, 4.69) is 4.98 Å². The molecule has 0 bridgehead atoms. The number of hydrogen-bond acceptors (Lipinski definition) is 5. The van der Waals surface area contributed by atoms with Crippen LogP contribution in [-0.2, 0) is 22.7 Å². The van der Waals surface area contributed by atoms with Crippen LogP contribution in [0.25, 0.3) is 0 Å². The van der Waals surface area contributed by atoms with Gasteiger partial charge in [-0.2, -0.15) is 21.6 Å². The highest BCUT2D eigenvalue weighted by Gasteiger charge is 2.31. The maximum atomic E-state index is 12.7. The molecule has 0 spiro atoms. The van der Waals surface area contributed by atoms with Crippen LogP contribution in [0.3, 0.4) is 0 Å². The first-order chi connectivity index (χ1) is 15.6. The van der Waals surface area contributed by atoms with Crippen LogP contribution in [0.4, 0.5) is 13.2 Å². The van der Waals surface area contributed by atoms with E-state index >= 15 is 0 Å². The van der Waals surface area contributed by atoms with E-state index in [4.69, 9.17) is 20.5 Å². The molecule has 0 aliphatic carbocycles. The molecule has 1 heterocycles. The van der Waals surface area contributed by atoms with Gasteiger partial charge >= 0.3 is 16.3 Å². The lowest BCUT2D eigenvalue weighted by Gasteiger charge is -2.10. The molecule has 0 aliphatic heterocycles. The zero-order valence-electron chi connectivity index (χ0n) is 17.6. The van der Waals surface area contributed by atoms with E-state index in [1.807, 2.05) is 6.92 Å². The van der Waals surface area contributed by atoms with Crippen LogP contribution in [0.5, 0.6) is 11.5 Å². The fraction of sp³-hybridized carbons (Fsp3) is 0.261. The molecule has 3 aromatic rings. The Bertz CT molecular complexity index is 1180. The summed E-state index contributed by atoms with van der Waals surface area (Å²) >= 11 is 5.94. The van der Waals surface area contributed by atoms with Crippen molar-refractivity contribution in [2.45, 2.75) is 37.3 Å². The van der Waals surface area contributed by atoms with Crippen molar-refractivity contribution in [1.29, 1.82) is 0 Å². The van der Waals surface area contributed by atoms with Gasteiger partial charge in [-0.1, -0.05) is 37.1 Å². The molecule has 0 unspecified atom stereocenters. The van der Waals surface area contributed by atoms with Crippen LogP contribution in [0.15, 0.2) is 65.7 Å². The van der Waals surface area contributed by atoms with Crippen molar-refractivity contribution < 1.29 is 30.5 Å². The number of hydrogen-bond donors (Lipinski definition) is 0. The minimum Gasteiger partial charge on any atom is -0.494 e. The summed E-state index contributed by atoms with van der Waals surface area (Å²) in [7, 11) is -4.05. The van der Waals surface area contributed by atoms with Gasteiger partial charge in [-0.05, 0) is 54.4 Å². The number of ether oxygens (including phenoxy) is 1. The Kier molecular flexibility index (Phi) is 7.86. The third-order valence-corrected chi connectivity index (χ3v) is 6.21. The smallest absolute Gasteiger partial charge is 0.417 e. The van der Waals surface area contributed by atoms with Crippen LogP contribution >= 0.6 is 11.6 Å². The maximum absolute atomic E-state index is 12.7. The highest BCUT2D eigenvalue weighted by atomic mass is 35.5. The number of nitrogens with zero attached hydrogens (tertiary/aromatic N) is 1. The van der Waals surface area contributed by atoms with E-state index in [0.29, 0.717) is 17.9 Å². The summed E-state index contributed by atoms with van der Waals surface area (Å²) in [6, 6.07) is 12.8. The fourth-order valence-electron chi connectivity index (χ4n) is 2.82. The van der Waals surface area contributed by atoms with Gasteiger partial charge in [0.1, 0.15) is 16.4 Å². The van der Waals surface area contributed by atoms with Crippen LogP contribution in [0.2, 0.25) is 5.02 Å². The van der Waals surface area contributed by atoms with Gasteiger partial charge < -0.3 is 8.92 Å². The highest BCUT2D eigenvalue weighted by molar-refractivity contribution is 7.87. The average Bonchev–Trinajstić information content (AvgIpc) is 2.76. The van der Waals surface area contributed by atoms with Gasteiger partial charge in [-0.15, -0.1) is 0 Å². The van der Waals surface area contributed by atoms with Gasteiger partial charge in [0.25, 0.3) is 0 Å². The molecule has 0 saturated heterocycles. The normalized spacial score (nSPS) is 11.9. The summed E-state index contributed by atoms with van der Waals surface area (Å²) in [5, 5.41) is -0.102. The van der Waals surface area contributed by atoms with E-state index in [9.17, 15) is 21.6 Å². The maximum Gasteiger partial charge on any atom is 0.417 e. The number of aromatic nitrogens is 1. The molecule has 0 atom stereocenters. The molecule has 3 rings (SSSR count).